The van der Waals surface area contributed by atoms with Crippen molar-refractivity contribution in [3.8, 4) is 11.3 Å². The Labute approximate surface area is 154 Å². The summed E-state index contributed by atoms with van der Waals surface area (Å²) in [5.74, 6) is -0.128. The zero-order valence-electron chi connectivity index (χ0n) is 14.3. The van der Waals surface area contributed by atoms with E-state index >= 15 is 0 Å². The average Bonchev–Trinajstić information content (AvgIpc) is 2.68. The van der Waals surface area contributed by atoms with E-state index in [1.807, 2.05) is 55.6 Å². The Morgan fingerprint density at radius 1 is 1.15 bits per heavy atom. The van der Waals surface area contributed by atoms with Crippen LogP contribution >= 0.6 is 11.8 Å². The molecule has 0 unspecified atom stereocenters. The average molecular weight is 365 g/mol. The number of fused-ring (bicyclic) bond motifs is 3. The Morgan fingerprint density at radius 3 is 2.58 bits per heavy atom. The van der Waals surface area contributed by atoms with Gasteiger partial charge in [-0.25, -0.2) is 4.90 Å². The van der Waals surface area contributed by atoms with Gasteiger partial charge in [0.2, 0.25) is 5.16 Å². The van der Waals surface area contributed by atoms with Crippen LogP contribution in [0.25, 0.3) is 11.3 Å². The molecule has 0 bridgehead atoms. The maximum Gasteiger partial charge on any atom is 0.325 e. The lowest BCUT2D eigenvalue weighted by Crippen LogP contribution is -2.59. The van der Waals surface area contributed by atoms with Gasteiger partial charge < -0.3 is 0 Å². The molecule has 2 aromatic carbocycles. The fraction of sp³-hybridized carbons (Fsp3) is 0.158. The summed E-state index contributed by atoms with van der Waals surface area (Å²) in [5.41, 5.74) is 2.24. The van der Waals surface area contributed by atoms with Crippen LogP contribution in [0.15, 0.2) is 64.5 Å². The molecule has 26 heavy (non-hydrogen) atoms. The van der Waals surface area contributed by atoms with Crippen molar-refractivity contribution in [1.29, 1.82) is 0 Å². The van der Waals surface area contributed by atoms with Crippen molar-refractivity contribution >= 4 is 23.4 Å². The number of hydrogen-bond donors (Lipinski definition) is 1. The van der Waals surface area contributed by atoms with E-state index in [2.05, 4.69) is 10.1 Å². The van der Waals surface area contributed by atoms with Gasteiger partial charge in [-0.2, -0.15) is 0 Å². The summed E-state index contributed by atoms with van der Waals surface area (Å²) in [5, 5.41) is 5.04. The van der Waals surface area contributed by atoms with Crippen molar-refractivity contribution in [2.75, 3.05) is 11.2 Å². The number of carbonyl (C=O) groups excluding carboxylic acids is 1. The van der Waals surface area contributed by atoms with Gasteiger partial charge in [0.25, 0.3) is 12.1 Å². The number of nitrogens with zero attached hydrogens (tertiary/aromatic N) is 3. The highest BCUT2D eigenvalue weighted by Gasteiger charge is 2.42. The molecule has 7 heteroatoms. The molecule has 1 aliphatic heterocycles. The first-order valence-corrected chi connectivity index (χ1v) is 9.42. The second-order valence-corrected chi connectivity index (χ2v) is 6.74. The third kappa shape index (κ3) is 2.52. The molecule has 0 aliphatic carbocycles. The number of rotatable bonds is 2. The molecule has 3 aromatic rings. The van der Waals surface area contributed by atoms with Crippen LogP contribution in [0.1, 0.15) is 23.4 Å². The zero-order chi connectivity index (χ0) is 18.3. The Morgan fingerprint density at radius 2 is 1.85 bits per heavy atom. The number of aromatic amines is 1. The molecule has 0 spiro atoms. The second-order valence-electron chi connectivity index (χ2n) is 5.95. The van der Waals surface area contributed by atoms with Crippen LogP contribution in [0.2, 0.25) is 0 Å². The highest BCUT2D eigenvalue weighted by Crippen LogP contribution is 2.35. The predicted octanol–water partition coefficient (Wildman–Crippen LogP) is 2.63. The first-order valence-electron chi connectivity index (χ1n) is 8.20. The van der Waals surface area contributed by atoms with Crippen LogP contribution < -0.4 is 15.1 Å². The Kier molecular flexibility index (Phi) is 4.08. The Balaban J connectivity index is 1.95. The molecule has 1 aliphatic rings. The maximum atomic E-state index is 13.2. The van der Waals surface area contributed by atoms with Crippen molar-refractivity contribution < 1.29 is 9.48 Å². The van der Waals surface area contributed by atoms with Crippen LogP contribution in [0.4, 0.5) is 5.69 Å². The van der Waals surface area contributed by atoms with E-state index in [4.69, 9.17) is 0 Å². The van der Waals surface area contributed by atoms with Crippen LogP contribution in [-0.2, 0) is 0 Å². The number of aromatic nitrogens is 3. The summed E-state index contributed by atoms with van der Waals surface area (Å²) in [6.07, 6.45) is 1.42. The summed E-state index contributed by atoms with van der Waals surface area (Å²) < 4.78 is 1.63. The summed E-state index contributed by atoms with van der Waals surface area (Å²) >= 11 is 1.35. The molecular formula is C19H17N4O2S+. The Hall–Kier alpha value is -2.93. The van der Waals surface area contributed by atoms with E-state index in [0.29, 0.717) is 27.7 Å². The second kappa shape index (κ2) is 6.42. The smallest absolute Gasteiger partial charge is 0.291 e. The highest BCUT2D eigenvalue weighted by atomic mass is 32.2. The minimum atomic E-state index is -0.430. The van der Waals surface area contributed by atoms with E-state index in [9.17, 15) is 9.59 Å². The number of thioether (sulfide) groups is 1. The van der Waals surface area contributed by atoms with Gasteiger partial charge in [-0.3, -0.25) is 14.6 Å². The van der Waals surface area contributed by atoms with Gasteiger partial charge in [-0.15, -0.1) is 0 Å². The summed E-state index contributed by atoms with van der Waals surface area (Å²) in [4.78, 5) is 30.4. The van der Waals surface area contributed by atoms with Gasteiger partial charge in [-0.1, -0.05) is 46.8 Å². The zero-order valence-corrected chi connectivity index (χ0v) is 15.2. The van der Waals surface area contributed by atoms with Gasteiger partial charge in [0.15, 0.2) is 0 Å². The number of anilines is 1. The fourth-order valence-corrected chi connectivity index (χ4v) is 3.60. The molecule has 1 N–H and O–H groups in total. The fourth-order valence-electron chi connectivity index (χ4n) is 3.23. The molecular weight excluding hydrogens is 348 g/mol. The number of H-pyrrole nitrogens is 1. The molecule has 0 radical (unpaired) electrons. The van der Waals surface area contributed by atoms with E-state index in [-0.39, 0.29) is 11.5 Å². The third-order valence-corrected chi connectivity index (χ3v) is 5.01. The molecule has 1 atom stereocenters. The molecule has 4 rings (SSSR count). The quantitative estimate of drug-likeness (QED) is 0.560. The molecule has 2 heterocycles. The monoisotopic (exact) mass is 365 g/mol. The molecule has 0 saturated carbocycles. The van der Waals surface area contributed by atoms with Crippen LogP contribution in [0, 0.1) is 0 Å². The normalized spacial score (nSPS) is 15.3. The lowest BCUT2D eigenvalue weighted by molar-refractivity contribution is -0.768. The first-order chi connectivity index (χ1) is 12.6. The summed E-state index contributed by atoms with van der Waals surface area (Å²) in [7, 11) is 0. The van der Waals surface area contributed by atoms with Gasteiger partial charge in [0, 0.05) is 17.6 Å². The van der Waals surface area contributed by atoms with Gasteiger partial charge in [-0.05, 0) is 30.5 Å². The lowest BCUT2D eigenvalue weighted by atomic mass is 10.0. The van der Waals surface area contributed by atoms with Gasteiger partial charge >= 0.3 is 11.3 Å². The van der Waals surface area contributed by atoms with Crippen molar-refractivity contribution in [3.63, 3.8) is 0 Å². The maximum absolute atomic E-state index is 13.2. The minimum absolute atomic E-state index is 0.128. The largest absolute Gasteiger partial charge is 0.325 e. The topological polar surface area (TPSA) is 69.9 Å². The van der Waals surface area contributed by atoms with Crippen molar-refractivity contribution in [2.24, 2.45) is 0 Å². The SMILES string of the molecule is CSc1n[n+]2c(c(=O)[nH]1)-c1ccccc1N(C(=O)c1ccccc1)[C@H]2C. The number of hydrogen-bond acceptors (Lipinski definition) is 4. The number of para-hydroxylation sites is 1. The summed E-state index contributed by atoms with van der Waals surface area (Å²) in [6.45, 7) is 1.87. The summed E-state index contributed by atoms with van der Waals surface area (Å²) in [6, 6.07) is 16.5. The number of benzene rings is 2. The highest BCUT2D eigenvalue weighted by molar-refractivity contribution is 7.98. The molecule has 1 amide bonds. The van der Waals surface area contributed by atoms with Gasteiger partial charge in [0.1, 0.15) is 0 Å². The van der Waals surface area contributed by atoms with E-state index in [1.54, 1.807) is 21.7 Å². The number of carbonyl (C=O) groups is 1. The van der Waals surface area contributed by atoms with E-state index in [0.717, 1.165) is 0 Å². The molecule has 130 valence electrons. The van der Waals surface area contributed by atoms with Crippen molar-refractivity contribution in [1.82, 2.24) is 10.1 Å². The van der Waals surface area contributed by atoms with E-state index < -0.39 is 6.17 Å². The van der Waals surface area contributed by atoms with Crippen LogP contribution in [0.5, 0.6) is 0 Å². The Bertz CT molecular complexity index is 1050. The minimum Gasteiger partial charge on any atom is -0.291 e. The van der Waals surface area contributed by atoms with Crippen molar-refractivity contribution in [3.05, 3.63) is 70.5 Å². The van der Waals surface area contributed by atoms with E-state index in [1.165, 1.54) is 11.8 Å². The first kappa shape index (κ1) is 16.5. The standard InChI is InChI=1S/C19H16N4O2S/c1-12-22(18(25)13-8-4-3-5-9-13)15-11-7-6-10-14(15)16-17(24)20-19(26-2)21-23(12)16/h3-12H,1-2H3/p+1/t12-/m1/s1. The lowest BCUT2D eigenvalue weighted by Gasteiger charge is -2.30. The third-order valence-electron chi connectivity index (χ3n) is 4.44. The molecule has 0 saturated heterocycles. The van der Waals surface area contributed by atoms with Crippen LogP contribution in [-0.4, -0.2) is 22.2 Å². The van der Waals surface area contributed by atoms with Gasteiger partial charge in [0.05, 0.1) is 11.3 Å². The number of amides is 1. The number of nitrogens with one attached hydrogen (secondary N) is 1. The van der Waals surface area contributed by atoms with Crippen molar-refractivity contribution in [2.45, 2.75) is 18.2 Å². The molecule has 6 nitrogen and oxygen atoms in total. The predicted molar refractivity (Wildman–Crippen MR) is 100 cm³/mol. The molecule has 1 aromatic heterocycles. The van der Waals surface area contributed by atoms with Crippen LogP contribution in [0.3, 0.4) is 0 Å². The molecule has 0 fully saturated rings.